The predicted octanol–water partition coefficient (Wildman–Crippen LogP) is 7.75. The highest BCUT2D eigenvalue weighted by molar-refractivity contribution is 7.91. The Kier molecular flexibility index (Phi) is 10.2. The summed E-state index contributed by atoms with van der Waals surface area (Å²) < 4.78 is 36.5. The van der Waals surface area contributed by atoms with Gasteiger partial charge in [-0.3, -0.25) is 4.79 Å². The molecule has 6 rings (SSSR count). The molecule has 0 spiro atoms. The summed E-state index contributed by atoms with van der Waals surface area (Å²) in [6.45, 7) is 6.37. The van der Waals surface area contributed by atoms with Crippen molar-refractivity contribution in [1.29, 1.82) is 0 Å². The molecule has 15 heteroatoms. The number of ether oxygens (including phenoxy) is 1. The van der Waals surface area contributed by atoms with Crippen LogP contribution in [0.1, 0.15) is 11.4 Å². The van der Waals surface area contributed by atoms with E-state index in [0.717, 1.165) is 25.8 Å². The van der Waals surface area contributed by atoms with Gasteiger partial charge in [-0.25, -0.2) is 9.29 Å². The molecule has 10 nitrogen and oxygen atoms in total. The summed E-state index contributed by atoms with van der Waals surface area (Å²) >= 11 is 18.7. The van der Waals surface area contributed by atoms with E-state index < -0.39 is 24.2 Å². The van der Waals surface area contributed by atoms with Crippen molar-refractivity contribution in [2.45, 2.75) is 32.1 Å². The number of carbonyl (C=O) groups is 1. The molecule has 5 aromatic rings. The highest BCUT2D eigenvalue weighted by Crippen LogP contribution is 2.33. The lowest BCUT2D eigenvalue weighted by molar-refractivity contribution is -0.127. The summed E-state index contributed by atoms with van der Waals surface area (Å²) in [6.07, 6.45) is 2.29. The second-order valence-electron chi connectivity index (χ2n) is 12.8. The first-order valence-corrected chi connectivity index (χ1v) is 21.7. The van der Waals surface area contributed by atoms with Crippen LogP contribution in [0.25, 0.3) is 28.2 Å². The molecule has 254 valence electrons. The lowest BCUT2D eigenvalue weighted by Gasteiger charge is -2.21. The number of hydrogen-bond donors (Lipinski definition) is 0. The standard InChI is InChI=1S/C34H33Cl3N6O4SSi/c1-49(2,3)16-15-47-22-43-34(44)21-42(48(43,45)46)27-6-4-5-26(19-27)41-20-31(28-12-11-25(35)18-29(28)36)38-33(41)17-23-7-9-24(10-8-23)30-13-14-32(37)40-39-30/h4-14,18-20H,15-17,21-22H2,1-3H3. The second-order valence-corrected chi connectivity index (χ2v) is 21.4. The fourth-order valence-electron chi connectivity index (χ4n) is 5.26. The van der Waals surface area contributed by atoms with Crippen molar-refractivity contribution in [3.8, 4) is 28.2 Å². The van der Waals surface area contributed by atoms with E-state index in [4.69, 9.17) is 44.5 Å². The van der Waals surface area contributed by atoms with Gasteiger partial charge in [0.15, 0.2) is 5.15 Å². The molecule has 2 aromatic heterocycles. The lowest BCUT2D eigenvalue weighted by Crippen LogP contribution is -2.36. The fourth-order valence-corrected chi connectivity index (χ4v) is 8.03. The number of anilines is 1. The van der Waals surface area contributed by atoms with Gasteiger partial charge in [-0.05, 0) is 60.1 Å². The first-order valence-electron chi connectivity index (χ1n) is 15.4. The van der Waals surface area contributed by atoms with Gasteiger partial charge >= 0.3 is 10.2 Å². The van der Waals surface area contributed by atoms with Gasteiger partial charge in [0, 0.05) is 49.1 Å². The zero-order valence-electron chi connectivity index (χ0n) is 27.0. The van der Waals surface area contributed by atoms with Crippen LogP contribution >= 0.6 is 34.8 Å². The minimum absolute atomic E-state index is 0.317. The number of hydrogen-bond acceptors (Lipinski definition) is 7. The highest BCUT2D eigenvalue weighted by atomic mass is 35.5. The van der Waals surface area contributed by atoms with E-state index >= 15 is 0 Å². The minimum Gasteiger partial charge on any atom is -0.360 e. The SMILES string of the molecule is C[Si](C)(C)CCOCN1C(=O)CN(c2cccc(-n3cc(-c4ccc(Cl)cc4Cl)nc3Cc3ccc(-c4ccc(Cl)nn4)cc3)c2)S1(=O)=O. The maximum Gasteiger partial charge on any atom is 0.331 e. The van der Waals surface area contributed by atoms with E-state index in [1.807, 2.05) is 47.2 Å². The van der Waals surface area contributed by atoms with Gasteiger partial charge in [-0.15, -0.1) is 10.2 Å². The van der Waals surface area contributed by atoms with Crippen LogP contribution in [0.4, 0.5) is 5.69 Å². The predicted molar refractivity (Wildman–Crippen MR) is 196 cm³/mol. The van der Waals surface area contributed by atoms with Gasteiger partial charge in [0.05, 0.1) is 22.1 Å². The summed E-state index contributed by atoms with van der Waals surface area (Å²) in [6, 6.07) is 24.4. The lowest BCUT2D eigenvalue weighted by atomic mass is 10.1. The molecular weight excluding hydrogens is 723 g/mol. The Labute approximate surface area is 301 Å². The molecule has 0 N–H and O–H groups in total. The number of carbonyl (C=O) groups excluding carboxylic acids is 1. The molecule has 0 aliphatic carbocycles. The molecule has 0 unspecified atom stereocenters. The molecule has 0 saturated carbocycles. The average Bonchev–Trinajstić information content (AvgIpc) is 3.56. The summed E-state index contributed by atoms with van der Waals surface area (Å²) in [5.41, 5.74) is 4.85. The van der Waals surface area contributed by atoms with E-state index in [1.54, 1.807) is 42.5 Å². The zero-order chi connectivity index (χ0) is 34.9. The van der Waals surface area contributed by atoms with Crippen molar-refractivity contribution < 1.29 is 17.9 Å². The van der Waals surface area contributed by atoms with Crippen molar-refractivity contribution in [3.05, 3.63) is 112 Å². The van der Waals surface area contributed by atoms with Gasteiger partial charge in [-0.2, -0.15) is 12.7 Å². The smallest absolute Gasteiger partial charge is 0.331 e. The largest absolute Gasteiger partial charge is 0.360 e. The molecule has 0 radical (unpaired) electrons. The number of rotatable bonds is 11. The summed E-state index contributed by atoms with van der Waals surface area (Å²) in [7, 11) is -5.53. The van der Waals surface area contributed by atoms with Crippen LogP contribution in [-0.4, -0.2) is 66.3 Å². The van der Waals surface area contributed by atoms with Crippen molar-refractivity contribution in [1.82, 2.24) is 24.1 Å². The van der Waals surface area contributed by atoms with Crippen molar-refractivity contribution in [2.75, 3.05) is 24.2 Å². The molecule has 1 saturated heterocycles. The maximum atomic E-state index is 13.6. The Morgan fingerprint density at radius 3 is 2.33 bits per heavy atom. The Balaban J connectivity index is 1.31. The first kappa shape index (κ1) is 35.1. The van der Waals surface area contributed by atoms with Crippen LogP contribution in [0.15, 0.2) is 85.1 Å². The molecule has 1 amide bonds. The normalized spacial score (nSPS) is 14.5. The molecule has 1 fully saturated rings. The summed E-state index contributed by atoms with van der Waals surface area (Å²) in [5.74, 6) is 0.129. The van der Waals surface area contributed by atoms with Crippen molar-refractivity contribution in [2.24, 2.45) is 0 Å². The highest BCUT2D eigenvalue weighted by Gasteiger charge is 2.43. The van der Waals surface area contributed by atoms with E-state index in [2.05, 4.69) is 29.8 Å². The number of aromatic nitrogens is 4. The number of halogens is 3. The molecular formula is C34H33Cl3N6O4SSi. The fraction of sp³-hybridized carbons (Fsp3) is 0.235. The van der Waals surface area contributed by atoms with Gasteiger partial charge in [-0.1, -0.05) is 84.8 Å². The minimum atomic E-state index is -4.15. The van der Waals surface area contributed by atoms with Crippen LogP contribution in [0.5, 0.6) is 0 Å². The van der Waals surface area contributed by atoms with Gasteiger partial charge in [0.2, 0.25) is 0 Å². The first-order chi connectivity index (χ1) is 23.3. The summed E-state index contributed by atoms with van der Waals surface area (Å²) in [5, 5.41) is 9.35. The third-order valence-corrected chi connectivity index (χ3v) is 12.2. The van der Waals surface area contributed by atoms with Crippen LogP contribution in [0.2, 0.25) is 40.9 Å². The van der Waals surface area contributed by atoms with E-state index in [9.17, 15) is 13.2 Å². The van der Waals surface area contributed by atoms with Crippen LogP contribution in [0.3, 0.4) is 0 Å². The number of nitrogens with zero attached hydrogens (tertiary/aromatic N) is 6. The Morgan fingerprint density at radius 2 is 1.63 bits per heavy atom. The third kappa shape index (κ3) is 8.01. The molecule has 3 heterocycles. The molecule has 49 heavy (non-hydrogen) atoms. The van der Waals surface area contributed by atoms with Crippen LogP contribution in [-0.2, 0) is 26.2 Å². The van der Waals surface area contributed by atoms with Gasteiger partial charge in [0.1, 0.15) is 19.1 Å². The van der Waals surface area contributed by atoms with Crippen molar-refractivity contribution >= 4 is 64.7 Å². The van der Waals surface area contributed by atoms with Gasteiger partial charge in [0.25, 0.3) is 5.91 Å². The molecule has 0 atom stereocenters. The van der Waals surface area contributed by atoms with Crippen molar-refractivity contribution in [3.63, 3.8) is 0 Å². The number of amides is 1. The topological polar surface area (TPSA) is 111 Å². The van der Waals surface area contributed by atoms with Crippen LogP contribution in [0, 0.1) is 0 Å². The number of benzene rings is 3. The third-order valence-electron chi connectivity index (χ3n) is 7.94. The van der Waals surface area contributed by atoms with Gasteiger partial charge < -0.3 is 9.30 Å². The second kappa shape index (κ2) is 14.2. The molecule has 1 aliphatic rings. The number of imidazole rings is 1. The summed E-state index contributed by atoms with van der Waals surface area (Å²) in [4.78, 5) is 17.9. The van der Waals surface area contributed by atoms with Crippen LogP contribution < -0.4 is 4.31 Å². The Bertz CT molecular complexity index is 2110. The molecule has 3 aromatic carbocycles. The van der Waals surface area contributed by atoms with E-state index in [1.165, 1.54) is 0 Å². The zero-order valence-corrected chi connectivity index (χ0v) is 31.1. The Hall–Kier alpha value is -3.78. The maximum absolute atomic E-state index is 13.6. The quantitative estimate of drug-likeness (QED) is 0.100. The average molecular weight is 756 g/mol. The monoisotopic (exact) mass is 754 g/mol. The Morgan fingerprint density at radius 1 is 0.878 bits per heavy atom. The van der Waals surface area contributed by atoms with E-state index in [-0.39, 0.29) is 13.3 Å². The molecule has 0 bridgehead atoms. The molecule has 1 aliphatic heterocycles. The van der Waals surface area contributed by atoms with E-state index in [0.29, 0.717) is 62.4 Å².